The second-order valence-corrected chi connectivity index (χ2v) is 12.8. The number of amides is 2. The van der Waals surface area contributed by atoms with E-state index in [9.17, 15) is 19.5 Å². The SMILES string of the molecule is O=C(O)C1CCCCC1C(=O)N1CCc2c(Br)ccc(OCc3ccn4ccnc4c3)c2[C@H]1CN1Cc2ccccc2C1=O. The molecule has 10 heteroatoms. The number of rotatable bonds is 7. The highest BCUT2D eigenvalue weighted by Crippen LogP contribution is 2.44. The third kappa shape index (κ3) is 5.15. The molecule has 3 aliphatic rings. The molecule has 2 amide bonds. The molecule has 1 aliphatic carbocycles. The lowest BCUT2D eigenvalue weighted by Gasteiger charge is -2.43. The van der Waals surface area contributed by atoms with Crippen molar-refractivity contribution in [1.29, 1.82) is 0 Å². The van der Waals surface area contributed by atoms with Crippen LogP contribution in [-0.4, -0.2) is 55.2 Å². The zero-order valence-corrected chi connectivity index (χ0v) is 25.8. The van der Waals surface area contributed by atoms with Crippen LogP contribution in [0.5, 0.6) is 5.75 Å². The minimum Gasteiger partial charge on any atom is -0.489 e. The van der Waals surface area contributed by atoms with Crippen LogP contribution in [0.1, 0.15) is 64.3 Å². The normalized spacial score (nSPS) is 21.3. The van der Waals surface area contributed by atoms with E-state index in [0.29, 0.717) is 50.3 Å². The Morgan fingerprint density at radius 3 is 2.68 bits per heavy atom. The number of carbonyl (C=O) groups is 3. The number of carbonyl (C=O) groups excluding carboxylic acids is 2. The molecule has 2 aromatic heterocycles. The number of imidazole rings is 1. The summed E-state index contributed by atoms with van der Waals surface area (Å²) in [6.07, 6.45) is 8.87. The molecule has 0 bridgehead atoms. The van der Waals surface area contributed by atoms with Crippen molar-refractivity contribution in [2.24, 2.45) is 11.8 Å². The van der Waals surface area contributed by atoms with Gasteiger partial charge in [0.25, 0.3) is 5.91 Å². The summed E-state index contributed by atoms with van der Waals surface area (Å²) < 4.78 is 9.35. The van der Waals surface area contributed by atoms with Crippen molar-refractivity contribution < 1.29 is 24.2 Å². The molecule has 1 saturated carbocycles. The van der Waals surface area contributed by atoms with Gasteiger partial charge in [-0.3, -0.25) is 14.4 Å². The largest absolute Gasteiger partial charge is 0.489 e. The van der Waals surface area contributed by atoms with Gasteiger partial charge in [-0.05, 0) is 66.3 Å². The van der Waals surface area contributed by atoms with Crippen LogP contribution in [0, 0.1) is 11.8 Å². The molecule has 44 heavy (non-hydrogen) atoms. The van der Waals surface area contributed by atoms with Gasteiger partial charge >= 0.3 is 5.97 Å². The van der Waals surface area contributed by atoms with Crippen molar-refractivity contribution in [1.82, 2.24) is 19.2 Å². The molecule has 1 fully saturated rings. The van der Waals surface area contributed by atoms with Gasteiger partial charge in [-0.25, -0.2) is 4.98 Å². The van der Waals surface area contributed by atoms with Gasteiger partial charge in [-0.2, -0.15) is 0 Å². The highest BCUT2D eigenvalue weighted by atomic mass is 79.9. The molecule has 0 radical (unpaired) electrons. The summed E-state index contributed by atoms with van der Waals surface area (Å²) in [7, 11) is 0. The van der Waals surface area contributed by atoms with E-state index in [0.717, 1.165) is 45.2 Å². The van der Waals surface area contributed by atoms with E-state index < -0.39 is 23.8 Å². The third-order valence-electron chi connectivity index (χ3n) is 9.40. The Morgan fingerprint density at radius 2 is 1.86 bits per heavy atom. The third-order valence-corrected chi connectivity index (χ3v) is 10.1. The Hall–Kier alpha value is -4.18. The van der Waals surface area contributed by atoms with E-state index in [1.165, 1.54) is 0 Å². The number of nitrogens with zero attached hydrogens (tertiary/aromatic N) is 4. The van der Waals surface area contributed by atoms with E-state index in [-0.39, 0.29) is 18.4 Å². The lowest BCUT2D eigenvalue weighted by molar-refractivity contribution is -0.153. The first-order valence-electron chi connectivity index (χ1n) is 15.1. The molecule has 7 rings (SSSR count). The predicted molar refractivity (Wildman–Crippen MR) is 166 cm³/mol. The fraction of sp³-hybridized carbons (Fsp3) is 0.353. The van der Waals surface area contributed by atoms with Crippen LogP contribution in [0.15, 0.2) is 71.6 Å². The van der Waals surface area contributed by atoms with Gasteiger partial charge < -0.3 is 24.0 Å². The van der Waals surface area contributed by atoms with Crippen LogP contribution in [0.3, 0.4) is 0 Å². The Morgan fingerprint density at radius 1 is 1.05 bits per heavy atom. The van der Waals surface area contributed by atoms with Crippen molar-refractivity contribution in [3.63, 3.8) is 0 Å². The first-order chi connectivity index (χ1) is 21.4. The average molecular weight is 658 g/mol. The molecule has 4 aromatic rings. The number of fused-ring (bicyclic) bond motifs is 3. The van der Waals surface area contributed by atoms with Crippen molar-refractivity contribution in [3.8, 4) is 5.75 Å². The summed E-state index contributed by atoms with van der Waals surface area (Å²) >= 11 is 3.74. The van der Waals surface area contributed by atoms with Crippen molar-refractivity contribution in [2.75, 3.05) is 13.1 Å². The molecule has 3 atom stereocenters. The van der Waals surface area contributed by atoms with E-state index in [1.807, 2.05) is 70.2 Å². The zero-order valence-electron chi connectivity index (χ0n) is 24.2. The molecule has 1 N–H and O–H groups in total. The van der Waals surface area contributed by atoms with Gasteiger partial charge in [0.15, 0.2) is 0 Å². The summed E-state index contributed by atoms with van der Waals surface area (Å²) in [5.41, 5.74) is 5.34. The second-order valence-electron chi connectivity index (χ2n) is 11.9. The molecule has 0 spiro atoms. The number of pyridine rings is 1. The highest BCUT2D eigenvalue weighted by molar-refractivity contribution is 9.10. The predicted octanol–water partition coefficient (Wildman–Crippen LogP) is 5.65. The van der Waals surface area contributed by atoms with Gasteiger partial charge in [0.2, 0.25) is 5.91 Å². The van der Waals surface area contributed by atoms with Crippen LogP contribution >= 0.6 is 15.9 Å². The number of aromatic nitrogens is 2. The zero-order chi connectivity index (χ0) is 30.4. The molecule has 2 aliphatic heterocycles. The summed E-state index contributed by atoms with van der Waals surface area (Å²) in [4.78, 5) is 48.1. The molecular formula is C34H33BrN4O5. The molecule has 9 nitrogen and oxygen atoms in total. The molecule has 0 saturated heterocycles. The Bertz CT molecular complexity index is 1770. The number of ether oxygens (including phenoxy) is 1. The van der Waals surface area contributed by atoms with Gasteiger partial charge in [-0.1, -0.05) is 47.0 Å². The minimum atomic E-state index is -0.914. The molecule has 4 heterocycles. The average Bonchev–Trinajstić information content (AvgIpc) is 3.64. The fourth-order valence-electron chi connectivity index (χ4n) is 7.17. The van der Waals surface area contributed by atoms with Gasteiger partial charge in [0.1, 0.15) is 18.0 Å². The number of hydrogen-bond acceptors (Lipinski definition) is 5. The van der Waals surface area contributed by atoms with E-state index >= 15 is 0 Å². The smallest absolute Gasteiger partial charge is 0.307 e. The van der Waals surface area contributed by atoms with Gasteiger partial charge in [0.05, 0.1) is 17.9 Å². The number of carboxylic acid groups (broad SMARTS) is 1. The van der Waals surface area contributed by atoms with E-state index in [4.69, 9.17) is 4.74 Å². The van der Waals surface area contributed by atoms with Crippen molar-refractivity contribution >= 4 is 39.4 Å². The maximum absolute atomic E-state index is 14.3. The first-order valence-corrected chi connectivity index (χ1v) is 15.9. The molecule has 2 aromatic carbocycles. The van der Waals surface area contributed by atoms with Crippen molar-refractivity contribution in [2.45, 2.75) is 51.3 Å². The Balaban J connectivity index is 1.25. The lowest BCUT2D eigenvalue weighted by atomic mass is 9.77. The topological polar surface area (TPSA) is 104 Å². The van der Waals surface area contributed by atoms with Crippen LogP contribution in [0.2, 0.25) is 0 Å². The number of aliphatic carboxylic acids is 1. The maximum Gasteiger partial charge on any atom is 0.307 e. The van der Waals surface area contributed by atoms with Gasteiger partial charge in [0, 0.05) is 53.8 Å². The summed E-state index contributed by atoms with van der Waals surface area (Å²) in [6.45, 7) is 1.48. The highest BCUT2D eigenvalue weighted by Gasteiger charge is 2.44. The van der Waals surface area contributed by atoms with Crippen LogP contribution in [0.25, 0.3) is 5.65 Å². The maximum atomic E-state index is 14.3. The standard InChI is InChI=1S/C34H33BrN4O5/c35-27-9-10-29(44-20-21-11-14-37-16-13-36-30(37)17-21)31-26(27)12-15-39(33(41)24-7-3-4-8-25(24)34(42)43)28(31)19-38-18-22-5-1-2-6-23(22)32(38)40/h1-2,5-6,9-11,13-14,16-17,24-25,28H,3-4,7-8,12,15,18-20H2,(H,42,43)/t24?,25?,28-/m1/s1. The molecule has 2 unspecified atom stereocenters. The van der Waals surface area contributed by atoms with Crippen LogP contribution < -0.4 is 4.74 Å². The second kappa shape index (κ2) is 11.7. The minimum absolute atomic E-state index is 0.0633. The van der Waals surface area contributed by atoms with E-state index in [2.05, 4.69) is 20.9 Å². The number of benzene rings is 2. The van der Waals surface area contributed by atoms with Crippen molar-refractivity contribution in [3.05, 3.63) is 99.4 Å². The number of hydrogen-bond donors (Lipinski definition) is 1. The lowest BCUT2D eigenvalue weighted by Crippen LogP contribution is -2.50. The molecular weight excluding hydrogens is 624 g/mol. The Labute approximate surface area is 263 Å². The monoisotopic (exact) mass is 656 g/mol. The summed E-state index contributed by atoms with van der Waals surface area (Å²) in [5, 5.41) is 10.00. The van der Waals surface area contributed by atoms with Crippen LogP contribution in [-0.2, 0) is 29.2 Å². The first kappa shape index (κ1) is 28.6. The van der Waals surface area contributed by atoms with Gasteiger partial charge in [-0.15, -0.1) is 0 Å². The van der Waals surface area contributed by atoms with Crippen LogP contribution in [0.4, 0.5) is 0 Å². The quantitative estimate of drug-likeness (QED) is 0.276. The molecule has 226 valence electrons. The Kier molecular flexibility index (Phi) is 7.62. The number of carboxylic acids is 1. The summed E-state index contributed by atoms with van der Waals surface area (Å²) in [5.74, 6) is -1.76. The summed E-state index contributed by atoms with van der Waals surface area (Å²) in [6, 6.07) is 15.0. The number of halogens is 1. The van der Waals surface area contributed by atoms with E-state index in [1.54, 1.807) is 11.1 Å². The fourth-order valence-corrected chi connectivity index (χ4v) is 7.71.